The molecule has 2 atom stereocenters. The molecule has 0 spiro atoms. The molecule has 0 aromatic carbocycles. The van der Waals surface area contributed by atoms with Gasteiger partial charge in [0.05, 0.1) is 19.5 Å². The molecule has 0 saturated heterocycles. The predicted octanol–water partition coefficient (Wildman–Crippen LogP) is 12.5. The maximum Gasteiger partial charge on any atom is 0.472 e. The van der Waals surface area contributed by atoms with Crippen LogP contribution in [0.2, 0.25) is 0 Å². The SMILES string of the molecule is CCCCCC=CCC=CCC=CCCCCCCC(=O)O[C@H](COC=CCCCCCCCCC=CCCCCCC)COP(=O)(O)OCCN. The monoisotopic (exact) mass is 752 g/mol. The number of carbonyl (C=O) groups is 1. The molecule has 0 aliphatic heterocycles. The van der Waals surface area contributed by atoms with Crippen molar-refractivity contribution in [3.63, 3.8) is 0 Å². The Kier molecular flexibility index (Phi) is 38.7. The van der Waals surface area contributed by atoms with E-state index in [1.54, 1.807) is 6.26 Å². The van der Waals surface area contributed by atoms with Crippen molar-refractivity contribution < 1.29 is 32.8 Å². The Hall–Kier alpha value is -1.96. The third kappa shape index (κ3) is 39.3. The minimum Gasteiger partial charge on any atom is -0.498 e. The van der Waals surface area contributed by atoms with E-state index in [-0.39, 0.29) is 38.8 Å². The molecular formula is C43H78NO7P. The summed E-state index contributed by atoms with van der Waals surface area (Å²) in [5.74, 6) is -0.377. The molecule has 0 fully saturated rings. The Morgan fingerprint density at radius 1 is 0.596 bits per heavy atom. The zero-order valence-corrected chi connectivity index (χ0v) is 34.2. The predicted molar refractivity (Wildman–Crippen MR) is 219 cm³/mol. The van der Waals surface area contributed by atoms with Crippen molar-refractivity contribution in [3.05, 3.63) is 60.9 Å². The van der Waals surface area contributed by atoms with Crippen molar-refractivity contribution in [2.24, 2.45) is 5.73 Å². The molecule has 0 heterocycles. The minimum atomic E-state index is -4.30. The van der Waals surface area contributed by atoms with Crippen LogP contribution in [0.5, 0.6) is 0 Å². The summed E-state index contributed by atoms with van der Waals surface area (Å²) < 4.78 is 33.1. The molecule has 52 heavy (non-hydrogen) atoms. The van der Waals surface area contributed by atoms with Gasteiger partial charge in [0, 0.05) is 13.0 Å². The third-order valence-electron chi connectivity index (χ3n) is 8.47. The second-order valence-corrected chi connectivity index (χ2v) is 15.0. The Labute approximate surface area is 319 Å². The highest BCUT2D eigenvalue weighted by atomic mass is 31.2. The van der Waals surface area contributed by atoms with Crippen LogP contribution in [0.1, 0.15) is 174 Å². The lowest BCUT2D eigenvalue weighted by atomic mass is 10.1. The van der Waals surface area contributed by atoms with E-state index in [0.717, 1.165) is 57.8 Å². The van der Waals surface area contributed by atoms with Crippen molar-refractivity contribution in [1.29, 1.82) is 0 Å². The van der Waals surface area contributed by atoms with Crippen LogP contribution in [-0.2, 0) is 27.9 Å². The number of phosphoric acid groups is 1. The van der Waals surface area contributed by atoms with E-state index in [1.165, 1.54) is 96.3 Å². The first kappa shape index (κ1) is 50.0. The number of rotatable bonds is 39. The van der Waals surface area contributed by atoms with Crippen molar-refractivity contribution in [3.8, 4) is 0 Å². The molecular weight excluding hydrogens is 673 g/mol. The van der Waals surface area contributed by atoms with Gasteiger partial charge in [-0.15, -0.1) is 0 Å². The maximum absolute atomic E-state index is 12.5. The van der Waals surface area contributed by atoms with Crippen LogP contribution in [0, 0.1) is 0 Å². The van der Waals surface area contributed by atoms with Gasteiger partial charge in [-0.3, -0.25) is 13.8 Å². The van der Waals surface area contributed by atoms with E-state index in [4.69, 9.17) is 24.3 Å². The molecule has 0 aromatic heterocycles. The Morgan fingerprint density at radius 3 is 1.60 bits per heavy atom. The number of allylic oxidation sites excluding steroid dienone is 9. The van der Waals surface area contributed by atoms with Gasteiger partial charge in [0.2, 0.25) is 0 Å². The first-order chi connectivity index (χ1) is 25.4. The number of hydrogen-bond acceptors (Lipinski definition) is 7. The summed E-state index contributed by atoms with van der Waals surface area (Å²) in [4.78, 5) is 22.4. The molecule has 0 aliphatic rings. The van der Waals surface area contributed by atoms with Crippen LogP contribution in [0.15, 0.2) is 60.9 Å². The van der Waals surface area contributed by atoms with Gasteiger partial charge >= 0.3 is 13.8 Å². The van der Waals surface area contributed by atoms with Crippen LogP contribution < -0.4 is 5.73 Å². The molecule has 0 radical (unpaired) electrons. The number of ether oxygens (including phenoxy) is 2. The fraction of sp³-hybridized carbons (Fsp3) is 0.744. The van der Waals surface area contributed by atoms with Gasteiger partial charge < -0.3 is 20.1 Å². The van der Waals surface area contributed by atoms with E-state index in [9.17, 15) is 14.3 Å². The van der Waals surface area contributed by atoms with E-state index in [0.29, 0.717) is 0 Å². The van der Waals surface area contributed by atoms with Crippen molar-refractivity contribution in [2.45, 2.75) is 180 Å². The second-order valence-electron chi connectivity index (χ2n) is 13.6. The Morgan fingerprint density at radius 2 is 1.04 bits per heavy atom. The Bertz CT molecular complexity index is 979. The first-order valence-electron chi connectivity index (χ1n) is 20.8. The quantitative estimate of drug-likeness (QED) is 0.0210. The molecule has 0 aliphatic carbocycles. The fourth-order valence-corrected chi connectivity index (χ4v) is 6.14. The summed E-state index contributed by atoms with van der Waals surface area (Å²) in [5, 5.41) is 0. The smallest absolute Gasteiger partial charge is 0.472 e. The topological polar surface area (TPSA) is 117 Å². The van der Waals surface area contributed by atoms with Gasteiger partial charge in [0.25, 0.3) is 0 Å². The van der Waals surface area contributed by atoms with Gasteiger partial charge in [0.1, 0.15) is 6.61 Å². The van der Waals surface area contributed by atoms with Crippen LogP contribution in [0.4, 0.5) is 0 Å². The highest BCUT2D eigenvalue weighted by Crippen LogP contribution is 2.43. The lowest BCUT2D eigenvalue weighted by Crippen LogP contribution is -2.27. The molecule has 0 bridgehead atoms. The molecule has 302 valence electrons. The number of unbranched alkanes of at least 4 members (excludes halogenated alkanes) is 18. The summed E-state index contributed by atoms with van der Waals surface area (Å²) in [7, 11) is -4.30. The highest BCUT2D eigenvalue weighted by molar-refractivity contribution is 7.47. The summed E-state index contributed by atoms with van der Waals surface area (Å²) in [6, 6.07) is 0. The third-order valence-corrected chi connectivity index (χ3v) is 9.46. The molecule has 0 aromatic rings. The summed E-state index contributed by atoms with van der Waals surface area (Å²) in [6.07, 6.45) is 48.9. The molecule has 0 saturated carbocycles. The van der Waals surface area contributed by atoms with Crippen molar-refractivity contribution >= 4 is 13.8 Å². The number of nitrogens with two attached hydrogens (primary N) is 1. The lowest BCUT2D eigenvalue weighted by molar-refractivity contribution is -0.153. The van der Waals surface area contributed by atoms with Crippen LogP contribution in [0.3, 0.4) is 0 Å². The van der Waals surface area contributed by atoms with Crippen molar-refractivity contribution in [1.82, 2.24) is 0 Å². The van der Waals surface area contributed by atoms with Gasteiger partial charge in [-0.2, -0.15) is 0 Å². The Balaban J connectivity index is 4.18. The first-order valence-corrected chi connectivity index (χ1v) is 22.3. The second kappa shape index (κ2) is 40.2. The standard InChI is InChI=1S/C43H78NO7P/c1-3-5-7-9-11-13-15-17-19-21-22-24-26-28-30-32-34-36-43(45)51-42(41-50-52(46,47)49-39-37-44)40-48-38-35-33-31-29-27-25-23-20-18-16-14-12-10-8-6-4-2/h11,13-14,16-17,19,22,24,35,38,42H,3-10,12,15,18,20-21,23,25-34,36-37,39-41,44H2,1-2H3,(H,46,47)/t42-/m1/s1. The zero-order valence-electron chi connectivity index (χ0n) is 33.3. The van der Waals surface area contributed by atoms with E-state index in [1.807, 2.05) is 6.08 Å². The van der Waals surface area contributed by atoms with E-state index in [2.05, 4.69) is 62.5 Å². The fourth-order valence-electron chi connectivity index (χ4n) is 5.37. The lowest BCUT2D eigenvalue weighted by Gasteiger charge is -2.19. The molecule has 9 heteroatoms. The van der Waals surface area contributed by atoms with E-state index >= 15 is 0 Å². The number of esters is 1. The van der Waals surface area contributed by atoms with Crippen molar-refractivity contribution in [2.75, 3.05) is 26.4 Å². The maximum atomic E-state index is 12.5. The number of carbonyl (C=O) groups excluding carboxylic acids is 1. The highest BCUT2D eigenvalue weighted by Gasteiger charge is 2.25. The molecule has 3 N–H and O–H groups in total. The van der Waals surface area contributed by atoms with Crippen LogP contribution in [-0.4, -0.2) is 43.3 Å². The number of phosphoric ester groups is 1. The molecule has 1 unspecified atom stereocenters. The summed E-state index contributed by atoms with van der Waals surface area (Å²) in [6.45, 7) is 4.16. The van der Waals surface area contributed by atoms with Gasteiger partial charge in [0.15, 0.2) is 6.10 Å². The average Bonchev–Trinajstić information content (AvgIpc) is 3.13. The number of hydrogen-bond donors (Lipinski definition) is 2. The van der Waals surface area contributed by atoms with E-state index < -0.39 is 13.9 Å². The average molecular weight is 752 g/mol. The van der Waals surface area contributed by atoms with Crippen LogP contribution in [0.25, 0.3) is 0 Å². The summed E-state index contributed by atoms with van der Waals surface area (Å²) >= 11 is 0. The van der Waals surface area contributed by atoms with Gasteiger partial charge in [-0.25, -0.2) is 4.57 Å². The molecule has 0 rings (SSSR count). The molecule has 0 amide bonds. The molecule has 8 nitrogen and oxygen atoms in total. The summed E-state index contributed by atoms with van der Waals surface area (Å²) in [5.41, 5.74) is 5.35. The minimum absolute atomic E-state index is 0.0174. The normalized spacial score (nSPS) is 14.1. The zero-order chi connectivity index (χ0) is 38.1. The van der Waals surface area contributed by atoms with Crippen LogP contribution >= 0.6 is 7.82 Å². The van der Waals surface area contributed by atoms with Gasteiger partial charge in [-0.1, -0.05) is 133 Å². The largest absolute Gasteiger partial charge is 0.498 e. The van der Waals surface area contributed by atoms with Gasteiger partial charge in [-0.05, 0) is 89.5 Å².